The number of nitrogen functional groups attached to an aromatic ring is 1. The van der Waals surface area contributed by atoms with Gasteiger partial charge in [0.2, 0.25) is 11.3 Å². The van der Waals surface area contributed by atoms with E-state index < -0.39 is 0 Å². The Bertz CT molecular complexity index is 487. The van der Waals surface area contributed by atoms with Crippen LogP contribution in [0, 0.1) is 5.92 Å². The SMILES string of the molecule is CC1CCN(C(=O)Cn2ccc(=O)c(N)c2)CC1. The standard InChI is InChI=1S/C13H19N3O2/c1-10-2-6-16(7-3-10)13(18)9-15-5-4-12(17)11(14)8-15/h4-5,8,10H,2-3,6-7,9,14H2,1H3. The summed E-state index contributed by atoms with van der Waals surface area (Å²) in [4.78, 5) is 25.1. The van der Waals surface area contributed by atoms with E-state index in [0.717, 1.165) is 25.9 Å². The molecule has 2 rings (SSSR count). The van der Waals surface area contributed by atoms with Gasteiger partial charge in [-0.25, -0.2) is 0 Å². The summed E-state index contributed by atoms with van der Waals surface area (Å²) in [6, 6.07) is 1.39. The Balaban J connectivity index is 1.98. The van der Waals surface area contributed by atoms with Crippen LogP contribution < -0.4 is 11.2 Å². The summed E-state index contributed by atoms with van der Waals surface area (Å²) in [6.07, 6.45) is 5.26. The van der Waals surface area contributed by atoms with E-state index in [1.807, 2.05) is 4.90 Å². The quantitative estimate of drug-likeness (QED) is 0.838. The molecule has 1 saturated heterocycles. The fraction of sp³-hybridized carbons (Fsp3) is 0.538. The highest BCUT2D eigenvalue weighted by Gasteiger charge is 2.20. The summed E-state index contributed by atoms with van der Waals surface area (Å²) in [5.74, 6) is 0.794. The molecule has 0 bridgehead atoms. The zero-order valence-corrected chi connectivity index (χ0v) is 10.6. The third kappa shape index (κ3) is 2.91. The Morgan fingerprint density at radius 3 is 2.72 bits per heavy atom. The number of nitrogens with zero attached hydrogens (tertiary/aromatic N) is 2. The lowest BCUT2D eigenvalue weighted by Crippen LogP contribution is -2.39. The maximum absolute atomic E-state index is 12.1. The van der Waals surface area contributed by atoms with Gasteiger partial charge in [-0.3, -0.25) is 9.59 Å². The third-order valence-electron chi connectivity index (χ3n) is 3.46. The maximum atomic E-state index is 12.1. The molecule has 1 amide bonds. The van der Waals surface area contributed by atoms with E-state index in [1.54, 1.807) is 10.8 Å². The molecule has 0 saturated carbocycles. The number of hydrogen-bond acceptors (Lipinski definition) is 3. The summed E-state index contributed by atoms with van der Waals surface area (Å²) in [7, 11) is 0. The largest absolute Gasteiger partial charge is 0.394 e. The molecule has 5 nitrogen and oxygen atoms in total. The van der Waals surface area contributed by atoms with Crippen molar-refractivity contribution in [1.82, 2.24) is 9.47 Å². The molecule has 1 aliphatic rings. The Morgan fingerprint density at radius 2 is 2.11 bits per heavy atom. The van der Waals surface area contributed by atoms with Crippen molar-refractivity contribution in [2.24, 2.45) is 5.92 Å². The molecule has 18 heavy (non-hydrogen) atoms. The number of anilines is 1. The van der Waals surface area contributed by atoms with Crippen LogP contribution in [0.4, 0.5) is 5.69 Å². The van der Waals surface area contributed by atoms with Gasteiger partial charge in [-0.05, 0) is 18.8 Å². The molecule has 0 aliphatic carbocycles. The normalized spacial score (nSPS) is 16.8. The first kappa shape index (κ1) is 12.7. The number of likely N-dealkylation sites (tertiary alicyclic amines) is 1. The van der Waals surface area contributed by atoms with Crippen molar-refractivity contribution in [2.75, 3.05) is 18.8 Å². The number of piperidine rings is 1. The topological polar surface area (TPSA) is 68.3 Å². The van der Waals surface area contributed by atoms with Gasteiger partial charge in [-0.1, -0.05) is 6.92 Å². The van der Waals surface area contributed by atoms with E-state index in [1.165, 1.54) is 12.3 Å². The molecule has 2 heterocycles. The van der Waals surface area contributed by atoms with Crippen LogP contribution in [-0.4, -0.2) is 28.5 Å². The van der Waals surface area contributed by atoms with Crippen LogP contribution in [-0.2, 0) is 11.3 Å². The fourth-order valence-corrected chi connectivity index (χ4v) is 2.16. The minimum atomic E-state index is -0.203. The van der Waals surface area contributed by atoms with Crippen LogP contribution in [0.3, 0.4) is 0 Å². The molecule has 1 aromatic heterocycles. The zero-order chi connectivity index (χ0) is 13.1. The van der Waals surface area contributed by atoms with Crippen molar-refractivity contribution in [1.29, 1.82) is 0 Å². The highest BCUT2D eigenvalue weighted by Crippen LogP contribution is 2.16. The van der Waals surface area contributed by atoms with Gasteiger partial charge in [0, 0.05) is 31.5 Å². The van der Waals surface area contributed by atoms with Gasteiger partial charge < -0.3 is 15.2 Å². The second-order valence-electron chi connectivity index (χ2n) is 5.00. The van der Waals surface area contributed by atoms with Gasteiger partial charge in [-0.2, -0.15) is 0 Å². The molecule has 1 aromatic rings. The van der Waals surface area contributed by atoms with E-state index in [-0.39, 0.29) is 23.6 Å². The van der Waals surface area contributed by atoms with Crippen LogP contribution in [0.15, 0.2) is 23.3 Å². The zero-order valence-electron chi connectivity index (χ0n) is 10.6. The van der Waals surface area contributed by atoms with Crippen LogP contribution in [0.5, 0.6) is 0 Å². The van der Waals surface area contributed by atoms with Gasteiger partial charge in [0.1, 0.15) is 6.54 Å². The molecule has 1 aliphatic heterocycles. The second kappa shape index (κ2) is 5.25. The van der Waals surface area contributed by atoms with Gasteiger partial charge in [0.05, 0.1) is 5.69 Å². The molecule has 0 spiro atoms. The lowest BCUT2D eigenvalue weighted by atomic mass is 9.99. The minimum absolute atomic E-state index is 0.0879. The summed E-state index contributed by atoms with van der Waals surface area (Å²) in [5, 5.41) is 0. The molecule has 0 unspecified atom stereocenters. The number of pyridine rings is 1. The smallest absolute Gasteiger partial charge is 0.242 e. The highest BCUT2D eigenvalue weighted by atomic mass is 16.2. The number of rotatable bonds is 2. The Morgan fingerprint density at radius 1 is 1.44 bits per heavy atom. The van der Waals surface area contributed by atoms with Crippen molar-refractivity contribution >= 4 is 11.6 Å². The molecule has 0 radical (unpaired) electrons. The summed E-state index contributed by atoms with van der Waals surface area (Å²) < 4.78 is 1.66. The number of amides is 1. The van der Waals surface area contributed by atoms with Crippen molar-refractivity contribution in [3.63, 3.8) is 0 Å². The number of carbonyl (C=O) groups is 1. The highest BCUT2D eigenvalue weighted by molar-refractivity contribution is 5.76. The van der Waals surface area contributed by atoms with Crippen LogP contribution in [0.1, 0.15) is 19.8 Å². The van der Waals surface area contributed by atoms with Crippen LogP contribution >= 0.6 is 0 Å². The van der Waals surface area contributed by atoms with E-state index in [4.69, 9.17) is 5.73 Å². The molecule has 5 heteroatoms. The van der Waals surface area contributed by atoms with E-state index in [0.29, 0.717) is 5.92 Å². The Kier molecular flexibility index (Phi) is 3.69. The van der Waals surface area contributed by atoms with Gasteiger partial charge in [0.15, 0.2) is 0 Å². The first-order chi connectivity index (χ1) is 8.56. The number of aromatic nitrogens is 1. The lowest BCUT2D eigenvalue weighted by molar-refractivity contribution is -0.133. The molecule has 2 N–H and O–H groups in total. The maximum Gasteiger partial charge on any atom is 0.242 e. The summed E-state index contributed by atoms with van der Waals surface area (Å²) in [5.41, 5.74) is 5.51. The van der Waals surface area contributed by atoms with Gasteiger partial charge >= 0.3 is 0 Å². The predicted octanol–water partition coefficient (Wildman–Crippen LogP) is 0.689. The first-order valence-corrected chi connectivity index (χ1v) is 6.29. The second-order valence-corrected chi connectivity index (χ2v) is 5.00. The molecule has 1 fully saturated rings. The monoisotopic (exact) mass is 249 g/mol. The van der Waals surface area contributed by atoms with Crippen molar-refractivity contribution in [3.8, 4) is 0 Å². The lowest BCUT2D eigenvalue weighted by Gasteiger charge is -2.30. The third-order valence-corrected chi connectivity index (χ3v) is 3.46. The van der Waals surface area contributed by atoms with Gasteiger partial charge in [0.25, 0.3) is 0 Å². The summed E-state index contributed by atoms with van der Waals surface area (Å²) in [6.45, 7) is 4.12. The summed E-state index contributed by atoms with van der Waals surface area (Å²) >= 11 is 0. The van der Waals surface area contributed by atoms with Crippen LogP contribution in [0.2, 0.25) is 0 Å². The molecular weight excluding hydrogens is 230 g/mol. The van der Waals surface area contributed by atoms with E-state index >= 15 is 0 Å². The molecule has 0 atom stereocenters. The Labute approximate surface area is 106 Å². The minimum Gasteiger partial charge on any atom is -0.394 e. The van der Waals surface area contributed by atoms with Crippen molar-refractivity contribution in [3.05, 3.63) is 28.7 Å². The van der Waals surface area contributed by atoms with E-state index in [2.05, 4.69) is 6.92 Å². The average Bonchev–Trinajstić information content (AvgIpc) is 2.34. The molecule has 0 aromatic carbocycles. The molecular formula is C13H19N3O2. The Hall–Kier alpha value is -1.78. The van der Waals surface area contributed by atoms with Crippen molar-refractivity contribution in [2.45, 2.75) is 26.3 Å². The van der Waals surface area contributed by atoms with Crippen molar-refractivity contribution < 1.29 is 4.79 Å². The average molecular weight is 249 g/mol. The number of nitrogens with two attached hydrogens (primary N) is 1. The first-order valence-electron chi connectivity index (χ1n) is 6.29. The predicted molar refractivity (Wildman–Crippen MR) is 70.1 cm³/mol. The van der Waals surface area contributed by atoms with Gasteiger partial charge in [-0.15, -0.1) is 0 Å². The van der Waals surface area contributed by atoms with E-state index in [9.17, 15) is 9.59 Å². The fourth-order valence-electron chi connectivity index (χ4n) is 2.16. The van der Waals surface area contributed by atoms with Crippen LogP contribution in [0.25, 0.3) is 0 Å². The molecule has 98 valence electrons. The number of carbonyl (C=O) groups excluding carboxylic acids is 1. The number of hydrogen-bond donors (Lipinski definition) is 1.